The average molecular weight is 867 g/mol. The first-order valence-corrected chi connectivity index (χ1v) is 22.6. The normalized spacial score (nSPS) is 43.2. The molecule has 4 fully saturated rings. The molecular weight excluding hydrogens is 789 g/mol. The zero-order valence-corrected chi connectivity index (χ0v) is 39.1. The molecule has 17 atom stereocenters. The number of nitrogens with one attached hydrogen (secondary N) is 1. The maximum atomic E-state index is 14.5. The van der Waals surface area contributed by atoms with Crippen LogP contribution in [0, 0.1) is 23.7 Å². The first-order chi connectivity index (χ1) is 28.8. The van der Waals surface area contributed by atoms with Gasteiger partial charge >= 0.3 is 5.97 Å². The van der Waals surface area contributed by atoms with Crippen molar-refractivity contribution in [2.45, 2.75) is 186 Å². The van der Waals surface area contributed by atoms with Crippen molar-refractivity contribution in [1.82, 2.24) is 10.2 Å². The second-order valence-corrected chi connectivity index (χ2v) is 18.8. The Morgan fingerprint density at radius 2 is 1.64 bits per heavy atom. The first-order valence-electron chi connectivity index (χ1n) is 22.6. The van der Waals surface area contributed by atoms with Crippen LogP contribution < -0.4 is 19.5 Å². The zero-order valence-electron chi connectivity index (χ0n) is 39.1. The van der Waals surface area contributed by atoms with Gasteiger partial charge < -0.3 is 63.3 Å². The Bertz CT molecular complexity index is 1560. The number of hydrogen-bond acceptors (Lipinski definition) is 15. The number of aliphatic hydroxyl groups is 3. The highest BCUT2D eigenvalue weighted by molar-refractivity contribution is 5.73. The van der Waals surface area contributed by atoms with E-state index in [1.54, 1.807) is 67.2 Å². The monoisotopic (exact) mass is 867 g/mol. The molecule has 5 rings (SSSR count). The van der Waals surface area contributed by atoms with Crippen molar-refractivity contribution >= 4 is 5.97 Å². The molecule has 61 heavy (non-hydrogen) atoms. The number of likely N-dealkylation sites (tertiary alicyclic amines) is 1. The topological polar surface area (TPSA) is 176 Å². The highest BCUT2D eigenvalue weighted by Crippen LogP contribution is 2.49. The average Bonchev–Trinajstić information content (AvgIpc) is 3.21. The fraction of sp³-hybridized carbons (Fsp3) is 0.848. The highest BCUT2D eigenvalue weighted by atomic mass is 16.7. The number of methoxy groups -OCH3 is 3. The number of ether oxygens (including phenoxy) is 9. The molecule has 0 amide bonds. The number of nitrogens with zero attached hydrogens (tertiary/aromatic N) is 1. The third-order valence-electron chi connectivity index (χ3n) is 13.9. The largest absolute Gasteiger partial charge is 0.493 e. The minimum absolute atomic E-state index is 0.135. The molecule has 0 bridgehead atoms. The van der Waals surface area contributed by atoms with Crippen molar-refractivity contribution in [3.63, 3.8) is 0 Å². The molecule has 4 saturated heterocycles. The van der Waals surface area contributed by atoms with E-state index < -0.39 is 83.9 Å². The van der Waals surface area contributed by atoms with Crippen molar-refractivity contribution in [2.75, 3.05) is 41.0 Å². The highest BCUT2D eigenvalue weighted by Gasteiger charge is 2.61. The van der Waals surface area contributed by atoms with Gasteiger partial charge in [0.25, 0.3) is 0 Å². The summed E-state index contributed by atoms with van der Waals surface area (Å²) in [6.45, 7) is 20.7. The molecule has 350 valence electrons. The third kappa shape index (κ3) is 10.8. The van der Waals surface area contributed by atoms with Gasteiger partial charge in [0.1, 0.15) is 35.4 Å². The van der Waals surface area contributed by atoms with E-state index in [2.05, 4.69) is 17.1 Å². The molecule has 15 nitrogen and oxygen atoms in total. The quantitative estimate of drug-likeness (QED) is 0.206. The zero-order chi connectivity index (χ0) is 45.0. The van der Waals surface area contributed by atoms with Gasteiger partial charge in [-0.1, -0.05) is 27.7 Å². The van der Waals surface area contributed by atoms with Crippen LogP contribution in [0.25, 0.3) is 0 Å². The van der Waals surface area contributed by atoms with Gasteiger partial charge in [-0.3, -0.25) is 9.69 Å². The van der Waals surface area contributed by atoms with Gasteiger partial charge in [0, 0.05) is 50.6 Å². The lowest BCUT2D eigenvalue weighted by Crippen LogP contribution is -2.74. The molecule has 4 aliphatic heterocycles. The van der Waals surface area contributed by atoms with Gasteiger partial charge in [-0.15, -0.1) is 0 Å². The first kappa shape index (κ1) is 49.7. The molecule has 0 aromatic heterocycles. The molecular formula is C46H78N2O13. The fourth-order valence-corrected chi connectivity index (χ4v) is 10.4. The lowest BCUT2D eigenvalue weighted by molar-refractivity contribution is -0.363. The Kier molecular flexibility index (Phi) is 16.8. The maximum absolute atomic E-state index is 14.5. The molecule has 0 spiro atoms. The fourth-order valence-electron chi connectivity index (χ4n) is 10.4. The van der Waals surface area contributed by atoms with Crippen LogP contribution in [-0.4, -0.2) is 145 Å². The van der Waals surface area contributed by atoms with E-state index >= 15 is 0 Å². The summed E-state index contributed by atoms with van der Waals surface area (Å²) in [6, 6.07) is 4.76. The van der Waals surface area contributed by atoms with E-state index in [-0.39, 0.29) is 36.9 Å². The van der Waals surface area contributed by atoms with Gasteiger partial charge in [0.2, 0.25) is 0 Å². The van der Waals surface area contributed by atoms with Crippen LogP contribution in [-0.2, 0) is 33.2 Å². The van der Waals surface area contributed by atoms with Gasteiger partial charge in [-0.05, 0) is 98.2 Å². The van der Waals surface area contributed by atoms with Crippen LogP contribution in [0.1, 0.15) is 108 Å². The number of benzene rings is 1. The lowest BCUT2D eigenvalue weighted by atomic mass is 9.75. The van der Waals surface area contributed by atoms with E-state index in [1.807, 2.05) is 27.7 Å². The number of esters is 1. The van der Waals surface area contributed by atoms with Crippen molar-refractivity contribution in [3.05, 3.63) is 18.2 Å². The van der Waals surface area contributed by atoms with Gasteiger partial charge in [-0.25, -0.2) is 0 Å². The van der Waals surface area contributed by atoms with Crippen molar-refractivity contribution < 1.29 is 62.7 Å². The van der Waals surface area contributed by atoms with Crippen LogP contribution in [0.5, 0.6) is 17.2 Å². The van der Waals surface area contributed by atoms with E-state index in [4.69, 9.17) is 42.6 Å². The molecule has 1 unspecified atom stereocenters. The number of rotatable bonds is 12. The van der Waals surface area contributed by atoms with E-state index in [0.717, 1.165) is 19.5 Å². The summed E-state index contributed by atoms with van der Waals surface area (Å²) in [4.78, 5) is 16.8. The van der Waals surface area contributed by atoms with Crippen LogP contribution in [0.4, 0.5) is 0 Å². The molecule has 1 aromatic rings. The number of aliphatic hydroxyl groups excluding tert-OH is 1. The van der Waals surface area contributed by atoms with Gasteiger partial charge in [0.05, 0.1) is 50.2 Å². The van der Waals surface area contributed by atoms with Crippen LogP contribution >= 0.6 is 0 Å². The SMILES string of the molecule is CCCN1CC2[C@H](C)O[C@@H](O[C@H]3[C@H](C)[C@@H](O[C@@H]4O[C@H](C)CC[C@H]4Oc4ccc(OC)c(OC)c4)[C@](C)(O)C[C@@H](C)CN[C@H](C)[C@@H](O)[C@](C)(O)[C@@H](CC)OC(=O)[C@@H]3C)C[C@@]21OC. The molecule has 4 aliphatic rings. The number of carbonyl (C=O) groups excluding carboxylic acids is 1. The Balaban J connectivity index is 1.56. The maximum Gasteiger partial charge on any atom is 0.311 e. The molecule has 15 heteroatoms. The Hall–Kier alpha value is -2.31. The Morgan fingerprint density at radius 3 is 2.28 bits per heavy atom. The summed E-state index contributed by atoms with van der Waals surface area (Å²) in [5.74, 6) is -0.650. The minimum atomic E-state index is -1.79. The number of cyclic esters (lactones) is 1. The molecule has 4 N–H and O–H groups in total. The molecule has 0 aliphatic carbocycles. The summed E-state index contributed by atoms with van der Waals surface area (Å²) in [5, 5.41) is 39.4. The summed E-state index contributed by atoms with van der Waals surface area (Å²) in [5.41, 5.74) is -3.91. The van der Waals surface area contributed by atoms with Crippen molar-refractivity contribution in [2.24, 2.45) is 23.7 Å². The van der Waals surface area contributed by atoms with Crippen molar-refractivity contribution in [1.29, 1.82) is 0 Å². The summed E-state index contributed by atoms with van der Waals surface area (Å²) >= 11 is 0. The van der Waals surface area contributed by atoms with Crippen LogP contribution in [0.15, 0.2) is 18.2 Å². The van der Waals surface area contributed by atoms with Gasteiger partial charge in [-0.2, -0.15) is 0 Å². The Morgan fingerprint density at radius 1 is 0.934 bits per heavy atom. The third-order valence-corrected chi connectivity index (χ3v) is 13.9. The minimum Gasteiger partial charge on any atom is -0.493 e. The second-order valence-electron chi connectivity index (χ2n) is 18.8. The van der Waals surface area contributed by atoms with E-state index in [0.29, 0.717) is 43.1 Å². The lowest BCUT2D eigenvalue weighted by Gasteiger charge is -2.63. The smallest absolute Gasteiger partial charge is 0.311 e. The van der Waals surface area contributed by atoms with Crippen molar-refractivity contribution in [3.8, 4) is 17.2 Å². The molecule has 4 heterocycles. The summed E-state index contributed by atoms with van der Waals surface area (Å²) in [7, 11) is 4.87. The Labute approximate surface area is 364 Å². The van der Waals surface area contributed by atoms with Gasteiger partial charge in [0.15, 0.2) is 24.1 Å². The number of fused-ring (bicyclic) bond motifs is 1. The standard InChI is InChI=1S/C46H78N2O13/c1-14-20-48-25-33-31(8)57-38(23-46(33,48)55-13)60-39-28(5)41(61-43-35(18-16-27(4)56-43)58-32-17-19-34(53-11)36(21-32)54-12)44(9,51)22-26(3)24-47-30(7)40(49)45(10,52)37(15-2)59-42(50)29(39)6/h17,19,21,26-31,33,35,37-41,43,47,49,51-52H,14-16,18,20,22-25H2,1-13H3/t26-,27-,28+,29-,30-,31+,33?,35-,37-,38+,39+,40-,41-,43+,44-,45-,46-/m1/s1. The summed E-state index contributed by atoms with van der Waals surface area (Å²) in [6.07, 6.45) is -3.72. The predicted octanol–water partition coefficient (Wildman–Crippen LogP) is 5.04. The predicted molar refractivity (Wildman–Crippen MR) is 228 cm³/mol. The molecule has 0 radical (unpaired) electrons. The second kappa shape index (κ2) is 20.7. The van der Waals surface area contributed by atoms with E-state index in [9.17, 15) is 20.1 Å². The number of hydrogen-bond donors (Lipinski definition) is 4. The number of carbonyl (C=O) groups is 1. The van der Waals surface area contributed by atoms with Crippen LogP contribution in [0.3, 0.4) is 0 Å². The van der Waals surface area contributed by atoms with Crippen LogP contribution in [0.2, 0.25) is 0 Å². The molecule has 0 saturated carbocycles. The summed E-state index contributed by atoms with van der Waals surface area (Å²) < 4.78 is 57.3. The van der Waals surface area contributed by atoms with E-state index in [1.165, 1.54) is 6.92 Å². The molecule has 1 aromatic carbocycles.